The first kappa shape index (κ1) is 10.7. The number of nitrogens with zero attached hydrogens (tertiary/aromatic N) is 1. The monoisotopic (exact) mass is 224 g/mol. The standard InChI is InChI=1S/C10H12N2O4/c1-5(6-2-3-6)12-4-7(9(14)15)8(13)11-10(12)16/h4-6H,2-3H2,1H3,(H,14,15)(H,11,13,16). The van der Waals surface area contributed by atoms with Crippen molar-refractivity contribution in [1.82, 2.24) is 9.55 Å². The molecule has 1 aromatic heterocycles. The van der Waals surface area contributed by atoms with Crippen LogP contribution in [0.2, 0.25) is 0 Å². The molecule has 0 spiro atoms. The molecule has 0 bridgehead atoms. The predicted octanol–water partition coefficient (Wildman–Crippen LogP) is 0.206. The van der Waals surface area contributed by atoms with Gasteiger partial charge in [0.1, 0.15) is 5.56 Å². The number of aromatic carboxylic acids is 1. The lowest BCUT2D eigenvalue weighted by atomic mass is 10.2. The molecule has 6 heteroatoms. The molecule has 1 aliphatic rings. The fourth-order valence-corrected chi connectivity index (χ4v) is 1.75. The van der Waals surface area contributed by atoms with Gasteiger partial charge in [-0.05, 0) is 25.7 Å². The molecule has 0 aromatic carbocycles. The third-order valence-electron chi connectivity index (χ3n) is 2.94. The van der Waals surface area contributed by atoms with Crippen molar-refractivity contribution in [3.05, 3.63) is 32.6 Å². The maximum atomic E-state index is 11.5. The molecule has 2 N–H and O–H groups in total. The third kappa shape index (κ3) is 1.78. The van der Waals surface area contributed by atoms with Crippen LogP contribution in [-0.4, -0.2) is 20.6 Å². The molecule has 16 heavy (non-hydrogen) atoms. The Kier molecular flexibility index (Phi) is 2.41. The summed E-state index contributed by atoms with van der Waals surface area (Å²) in [6.45, 7) is 1.85. The number of carboxylic acid groups (broad SMARTS) is 1. The Morgan fingerprint density at radius 2 is 2.19 bits per heavy atom. The first-order valence-electron chi connectivity index (χ1n) is 5.09. The highest BCUT2D eigenvalue weighted by molar-refractivity contribution is 5.86. The summed E-state index contributed by atoms with van der Waals surface area (Å²) in [5.41, 5.74) is -1.79. The Bertz CT molecular complexity index is 538. The van der Waals surface area contributed by atoms with Crippen LogP contribution >= 0.6 is 0 Å². The summed E-state index contributed by atoms with van der Waals surface area (Å²) < 4.78 is 1.29. The molecular formula is C10H12N2O4. The lowest BCUT2D eigenvalue weighted by Crippen LogP contribution is -2.35. The third-order valence-corrected chi connectivity index (χ3v) is 2.94. The van der Waals surface area contributed by atoms with E-state index in [1.807, 2.05) is 11.9 Å². The topological polar surface area (TPSA) is 92.2 Å². The molecule has 1 unspecified atom stereocenters. The number of hydrogen-bond acceptors (Lipinski definition) is 3. The van der Waals surface area contributed by atoms with Gasteiger partial charge in [0.05, 0.1) is 0 Å². The van der Waals surface area contributed by atoms with Gasteiger partial charge in [-0.15, -0.1) is 0 Å². The van der Waals surface area contributed by atoms with E-state index in [0.717, 1.165) is 19.0 Å². The van der Waals surface area contributed by atoms with Crippen LogP contribution in [0.25, 0.3) is 0 Å². The summed E-state index contributed by atoms with van der Waals surface area (Å²) in [6.07, 6.45) is 3.21. The van der Waals surface area contributed by atoms with E-state index in [4.69, 9.17) is 5.11 Å². The largest absolute Gasteiger partial charge is 0.477 e. The molecule has 0 aliphatic heterocycles. The van der Waals surface area contributed by atoms with Gasteiger partial charge in [-0.25, -0.2) is 9.59 Å². The van der Waals surface area contributed by atoms with Gasteiger partial charge < -0.3 is 5.11 Å². The van der Waals surface area contributed by atoms with Crippen molar-refractivity contribution >= 4 is 5.97 Å². The normalized spacial score (nSPS) is 17.1. The lowest BCUT2D eigenvalue weighted by molar-refractivity contribution is 0.0693. The fraction of sp³-hybridized carbons (Fsp3) is 0.500. The van der Waals surface area contributed by atoms with Crippen molar-refractivity contribution in [1.29, 1.82) is 0 Å². The molecule has 2 rings (SSSR count). The fourth-order valence-electron chi connectivity index (χ4n) is 1.75. The molecule has 1 aliphatic carbocycles. The van der Waals surface area contributed by atoms with Gasteiger partial charge in [-0.3, -0.25) is 14.3 Å². The second-order valence-electron chi connectivity index (χ2n) is 4.09. The van der Waals surface area contributed by atoms with Gasteiger partial charge >= 0.3 is 11.7 Å². The summed E-state index contributed by atoms with van der Waals surface area (Å²) in [6, 6.07) is -0.0672. The maximum absolute atomic E-state index is 11.5. The number of carbonyl (C=O) groups is 1. The van der Waals surface area contributed by atoms with Crippen molar-refractivity contribution in [2.24, 2.45) is 5.92 Å². The lowest BCUT2D eigenvalue weighted by Gasteiger charge is -2.13. The SMILES string of the molecule is CC(C1CC1)n1cc(C(=O)O)c(=O)[nH]c1=O. The Hall–Kier alpha value is -1.85. The summed E-state index contributed by atoms with van der Waals surface area (Å²) in [4.78, 5) is 35.5. The highest BCUT2D eigenvalue weighted by atomic mass is 16.4. The summed E-state index contributed by atoms with van der Waals surface area (Å²) in [5, 5.41) is 8.78. The van der Waals surface area contributed by atoms with Crippen LogP contribution in [0.3, 0.4) is 0 Å². The Labute approximate surface area is 90.5 Å². The molecule has 0 amide bonds. The van der Waals surface area contributed by atoms with E-state index in [1.54, 1.807) is 0 Å². The van der Waals surface area contributed by atoms with E-state index in [2.05, 4.69) is 0 Å². The second-order valence-corrected chi connectivity index (χ2v) is 4.09. The van der Waals surface area contributed by atoms with Crippen LogP contribution in [0.4, 0.5) is 0 Å². The Morgan fingerprint density at radius 3 is 2.69 bits per heavy atom. The molecule has 1 saturated carbocycles. The minimum Gasteiger partial charge on any atom is -0.477 e. The van der Waals surface area contributed by atoms with Crippen molar-refractivity contribution in [2.75, 3.05) is 0 Å². The van der Waals surface area contributed by atoms with Gasteiger partial charge in [-0.1, -0.05) is 0 Å². The molecular weight excluding hydrogens is 212 g/mol. The van der Waals surface area contributed by atoms with E-state index in [1.165, 1.54) is 4.57 Å². The summed E-state index contributed by atoms with van der Waals surface area (Å²) in [7, 11) is 0. The molecule has 0 saturated heterocycles. The minimum atomic E-state index is -1.32. The van der Waals surface area contributed by atoms with E-state index >= 15 is 0 Å². The number of aromatic nitrogens is 2. The number of aromatic amines is 1. The molecule has 1 atom stereocenters. The molecule has 1 fully saturated rings. The number of carboxylic acids is 1. The number of rotatable bonds is 3. The van der Waals surface area contributed by atoms with Crippen LogP contribution in [0, 0.1) is 5.92 Å². The molecule has 86 valence electrons. The summed E-state index contributed by atoms with van der Waals surface area (Å²) >= 11 is 0. The Balaban J connectivity index is 2.52. The molecule has 0 radical (unpaired) electrons. The number of hydrogen-bond donors (Lipinski definition) is 2. The van der Waals surface area contributed by atoms with E-state index in [0.29, 0.717) is 5.92 Å². The smallest absolute Gasteiger partial charge is 0.342 e. The summed E-state index contributed by atoms with van der Waals surface area (Å²) in [5.74, 6) is -0.914. The highest BCUT2D eigenvalue weighted by Crippen LogP contribution is 2.38. The molecule has 1 heterocycles. The van der Waals surface area contributed by atoms with Crippen molar-refractivity contribution in [3.63, 3.8) is 0 Å². The van der Waals surface area contributed by atoms with Crippen molar-refractivity contribution in [2.45, 2.75) is 25.8 Å². The minimum absolute atomic E-state index is 0.0672. The van der Waals surface area contributed by atoms with Crippen LogP contribution in [0.1, 0.15) is 36.2 Å². The van der Waals surface area contributed by atoms with Crippen LogP contribution in [0.5, 0.6) is 0 Å². The van der Waals surface area contributed by atoms with E-state index < -0.39 is 22.8 Å². The number of H-pyrrole nitrogens is 1. The quantitative estimate of drug-likeness (QED) is 0.767. The van der Waals surface area contributed by atoms with Gasteiger partial charge in [0, 0.05) is 12.2 Å². The maximum Gasteiger partial charge on any atom is 0.342 e. The van der Waals surface area contributed by atoms with Gasteiger partial charge in [0.25, 0.3) is 5.56 Å². The zero-order chi connectivity index (χ0) is 11.9. The van der Waals surface area contributed by atoms with Gasteiger partial charge in [0.15, 0.2) is 0 Å². The van der Waals surface area contributed by atoms with Crippen molar-refractivity contribution < 1.29 is 9.90 Å². The van der Waals surface area contributed by atoms with Crippen LogP contribution in [-0.2, 0) is 0 Å². The molecule has 6 nitrogen and oxygen atoms in total. The zero-order valence-electron chi connectivity index (χ0n) is 8.77. The van der Waals surface area contributed by atoms with Gasteiger partial charge in [0.2, 0.25) is 0 Å². The average molecular weight is 224 g/mol. The highest BCUT2D eigenvalue weighted by Gasteiger charge is 2.30. The van der Waals surface area contributed by atoms with Gasteiger partial charge in [-0.2, -0.15) is 0 Å². The average Bonchev–Trinajstić information content (AvgIpc) is 2.99. The number of nitrogens with one attached hydrogen (secondary N) is 1. The predicted molar refractivity (Wildman–Crippen MR) is 55.7 cm³/mol. The van der Waals surface area contributed by atoms with Crippen LogP contribution < -0.4 is 11.2 Å². The second kappa shape index (κ2) is 3.62. The molecule has 1 aromatic rings. The van der Waals surface area contributed by atoms with E-state index in [-0.39, 0.29) is 6.04 Å². The van der Waals surface area contributed by atoms with E-state index in [9.17, 15) is 14.4 Å². The first-order valence-corrected chi connectivity index (χ1v) is 5.09. The Morgan fingerprint density at radius 1 is 1.56 bits per heavy atom. The van der Waals surface area contributed by atoms with Crippen molar-refractivity contribution in [3.8, 4) is 0 Å². The zero-order valence-corrected chi connectivity index (χ0v) is 8.77. The van der Waals surface area contributed by atoms with Crippen LogP contribution in [0.15, 0.2) is 15.8 Å². The first-order chi connectivity index (χ1) is 7.50.